The number of halogens is 1. The van der Waals surface area contributed by atoms with Gasteiger partial charge in [0.1, 0.15) is 5.69 Å². The predicted octanol–water partition coefficient (Wildman–Crippen LogP) is 3.93. The van der Waals surface area contributed by atoms with E-state index in [9.17, 15) is 0 Å². The van der Waals surface area contributed by atoms with Crippen LogP contribution in [0.3, 0.4) is 0 Å². The predicted molar refractivity (Wildman–Crippen MR) is 89.0 cm³/mol. The van der Waals surface area contributed by atoms with E-state index in [4.69, 9.17) is 5.73 Å². The van der Waals surface area contributed by atoms with Gasteiger partial charge in [-0.3, -0.25) is 5.10 Å². The Morgan fingerprint density at radius 1 is 1.05 bits per heavy atom. The van der Waals surface area contributed by atoms with E-state index < -0.39 is 0 Å². The van der Waals surface area contributed by atoms with E-state index in [-0.39, 0.29) is 0 Å². The number of hydrogen-bond acceptors (Lipinski definition) is 2. The van der Waals surface area contributed by atoms with E-state index in [1.807, 2.05) is 18.2 Å². The molecular weight excluding hydrogens is 328 g/mol. The number of nitrogens with zero attached hydrogens (tertiary/aromatic N) is 1. The molecule has 4 N–H and O–H groups in total. The average molecular weight is 341 g/mol. The van der Waals surface area contributed by atoms with Gasteiger partial charge in [-0.1, -0.05) is 22.0 Å². The van der Waals surface area contributed by atoms with Crippen LogP contribution >= 0.6 is 15.9 Å². The lowest BCUT2D eigenvalue weighted by atomic mass is 10.1. The summed E-state index contributed by atoms with van der Waals surface area (Å²) in [7, 11) is 0. The van der Waals surface area contributed by atoms with E-state index in [0.29, 0.717) is 6.54 Å². The number of fused-ring (bicyclic) bond motifs is 2. The van der Waals surface area contributed by atoms with Crippen molar-refractivity contribution in [1.82, 2.24) is 15.2 Å². The lowest BCUT2D eigenvalue weighted by Gasteiger charge is -1.95. The first-order valence-electron chi connectivity index (χ1n) is 6.70. The van der Waals surface area contributed by atoms with Gasteiger partial charge in [-0.2, -0.15) is 5.10 Å². The van der Waals surface area contributed by atoms with E-state index >= 15 is 0 Å². The number of aromatic amines is 2. The molecule has 2 aromatic carbocycles. The number of nitrogens with two attached hydrogens (primary N) is 1. The van der Waals surface area contributed by atoms with Gasteiger partial charge in [0, 0.05) is 27.3 Å². The standard InChI is InChI=1S/C16H13BrN4/c17-11-2-4-14-12(7-11)16(21-20-14)15-6-10-5-9(8-18)1-3-13(10)19-15/h1-7,19H,8,18H2,(H,20,21). The molecule has 0 atom stereocenters. The molecule has 2 aromatic heterocycles. The first-order chi connectivity index (χ1) is 10.2. The molecule has 0 bridgehead atoms. The van der Waals surface area contributed by atoms with Gasteiger partial charge < -0.3 is 10.7 Å². The summed E-state index contributed by atoms with van der Waals surface area (Å²) in [6.07, 6.45) is 0. The summed E-state index contributed by atoms with van der Waals surface area (Å²) in [4.78, 5) is 3.42. The fraction of sp³-hybridized carbons (Fsp3) is 0.0625. The van der Waals surface area contributed by atoms with Crippen molar-refractivity contribution in [2.45, 2.75) is 6.54 Å². The Balaban J connectivity index is 1.93. The van der Waals surface area contributed by atoms with Crippen molar-refractivity contribution in [1.29, 1.82) is 0 Å². The second-order valence-electron chi connectivity index (χ2n) is 5.07. The van der Waals surface area contributed by atoms with Crippen LogP contribution in [-0.2, 0) is 6.54 Å². The highest BCUT2D eigenvalue weighted by Crippen LogP contribution is 2.30. The zero-order chi connectivity index (χ0) is 14.4. The van der Waals surface area contributed by atoms with Crippen LogP contribution in [0.4, 0.5) is 0 Å². The normalized spacial score (nSPS) is 11.5. The molecule has 2 heterocycles. The average Bonchev–Trinajstić information content (AvgIpc) is 3.08. The quantitative estimate of drug-likeness (QED) is 0.517. The van der Waals surface area contributed by atoms with Crippen LogP contribution in [0.25, 0.3) is 33.2 Å². The third-order valence-electron chi connectivity index (χ3n) is 3.70. The molecule has 104 valence electrons. The molecule has 21 heavy (non-hydrogen) atoms. The minimum atomic E-state index is 0.550. The molecule has 0 amide bonds. The zero-order valence-electron chi connectivity index (χ0n) is 11.2. The summed E-state index contributed by atoms with van der Waals surface area (Å²) >= 11 is 3.51. The smallest absolute Gasteiger partial charge is 0.116 e. The third kappa shape index (κ3) is 2.05. The fourth-order valence-corrected chi connectivity index (χ4v) is 2.99. The molecule has 0 aliphatic heterocycles. The molecule has 0 spiro atoms. The number of benzene rings is 2. The summed E-state index contributed by atoms with van der Waals surface area (Å²) in [5.41, 5.74) is 10.9. The van der Waals surface area contributed by atoms with Crippen LogP contribution in [0.5, 0.6) is 0 Å². The Bertz CT molecular complexity index is 951. The third-order valence-corrected chi connectivity index (χ3v) is 4.19. The van der Waals surface area contributed by atoms with E-state index in [1.165, 1.54) is 0 Å². The molecule has 4 aromatic rings. The van der Waals surface area contributed by atoms with Crippen molar-refractivity contribution < 1.29 is 0 Å². The first-order valence-corrected chi connectivity index (χ1v) is 7.49. The maximum Gasteiger partial charge on any atom is 0.116 e. The first kappa shape index (κ1) is 12.6. The summed E-state index contributed by atoms with van der Waals surface area (Å²) in [5, 5.41) is 9.76. The lowest BCUT2D eigenvalue weighted by Crippen LogP contribution is -1.94. The number of aromatic nitrogens is 3. The molecule has 5 heteroatoms. The number of hydrogen-bond donors (Lipinski definition) is 3. The van der Waals surface area contributed by atoms with Crippen molar-refractivity contribution in [2.75, 3.05) is 0 Å². The number of rotatable bonds is 2. The summed E-state index contributed by atoms with van der Waals surface area (Å²) in [6, 6.07) is 14.4. The maximum atomic E-state index is 5.70. The molecule has 0 saturated carbocycles. The minimum Gasteiger partial charge on any atom is -0.353 e. The molecule has 0 radical (unpaired) electrons. The van der Waals surface area contributed by atoms with Crippen LogP contribution in [0.15, 0.2) is 46.9 Å². The highest BCUT2D eigenvalue weighted by molar-refractivity contribution is 9.10. The van der Waals surface area contributed by atoms with E-state index in [1.54, 1.807) is 0 Å². The van der Waals surface area contributed by atoms with Gasteiger partial charge in [-0.05, 0) is 42.0 Å². The lowest BCUT2D eigenvalue weighted by molar-refractivity contribution is 1.08. The van der Waals surface area contributed by atoms with Gasteiger partial charge in [0.05, 0.1) is 11.2 Å². The molecular formula is C16H13BrN4. The van der Waals surface area contributed by atoms with Gasteiger partial charge in [0.15, 0.2) is 0 Å². The SMILES string of the molecule is NCc1ccc2[nH]c(-c3n[nH]c4ccc(Br)cc34)cc2c1. The highest BCUT2D eigenvalue weighted by Gasteiger charge is 2.11. The van der Waals surface area contributed by atoms with Crippen molar-refractivity contribution in [3.8, 4) is 11.4 Å². The second kappa shape index (κ2) is 4.72. The van der Waals surface area contributed by atoms with Gasteiger partial charge in [-0.25, -0.2) is 0 Å². The van der Waals surface area contributed by atoms with Gasteiger partial charge in [0.25, 0.3) is 0 Å². The minimum absolute atomic E-state index is 0.550. The molecule has 0 saturated heterocycles. The van der Waals surface area contributed by atoms with Crippen LogP contribution in [0.1, 0.15) is 5.56 Å². The van der Waals surface area contributed by atoms with E-state index in [2.05, 4.69) is 55.4 Å². The molecule has 4 rings (SSSR count). The van der Waals surface area contributed by atoms with Crippen molar-refractivity contribution >= 4 is 37.7 Å². The van der Waals surface area contributed by atoms with Crippen LogP contribution < -0.4 is 5.73 Å². The molecule has 0 aliphatic carbocycles. The van der Waals surface area contributed by atoms with Crippen LogP contribution in [-0.4, -0.2) is 15.2 Å². The maximum absolute atomic E-state index is 5.70. The molecule has 0 unspecified atom stereocenters. The van der Waals surface area contributed by atoms with Gasteiger partial charge >= 0.3 is 0 Å². The molecule has 0 aliphatic rings. The van der Waals surface area contributed by atoms with Gasteiger partial charge in [0.2, 0.25) is 0 Å². The summed E-state index contributed by atoms with van der Waals surface area (Å²) < 4.78 is 1.04. The monoisotopic (exact) mass is 340 g/mol. The Labute approximate surface area is 129 Å². The summed E-state index contributed by atoms with van der Waals surface area (Å²) in [6.45, 7) is 0.550. The second-order valence-corrected chi connectivity index (χ2v) is 5.99. The van der Waals surface area contributed by atoms with Crippen molar-refractivity contribution in [3.63, 3.8) is 0 Å². The fourth-order valence-electron chi connectivity index (χ4n) is 2.63. The number of nitrogens with one attached hydrogen (secondary N) is 2. The van der Waals surface area contributed by atoms with E-state index in [0.717, 1.165) is 43.2 Å². The topological polar surface area (TPSA) is 70.5 Å². The summed E-state index contributed by atoms with van der Waals surface area (Å²) in [5.74, 6) is 0. The van der Waals surface area contributed by atoms with Crippen molar-refractivity contribution in [3.05, 3.63) is 52.5 Å². The Hall–Kier alpha value is -2.11. The Morgan fingerprint density at radius 3 is 2.76 bits per heavy atom. The molecule has 0 fully saturated rings. The van der Waals surface area contributed by atoms with Crippen molar-refractivity contribution in [2.24, 2.45) is 5.73 Å². The number of H-pyrrole nitrogens is 2. The Morgan fingerprint density at radius 2 is 1.90 bits per heavy atom. The Kier molecular flexibility index (Phi) is 2.83. The van der Waals surface area contributed by atoms with Crippen LogP contribution in [0.2, 0.25) is 0 Å². The van der Waals surface area contributed by atoms with Crippen LogP contribution in [0, 0.1) is 0 Å². The van der Waals surface area contributed by atoms with Gasteiger partial charge in [-0.15, -0.1) is 0 Å². The highest BCUT2D eigenvalue weighted by atomic mass is 79.9. The molecule has 4 nitrogen and oxygen atoms in total. The zero-order valence-corrected chi connectivity index (χ0v) is 12.7. The largest absolute Gasteiger partial charge is 0.353 e.